The van der Waals surface area contributed by atoms with Gasteiger partial charge >= 0.3 is 0 Å². The molecule has 30 heavy (non-hydrogen) atoms. The summed E-state index contributed by atoms with van der Waals surface area (Å²) in [6.45, 7) is 3.17. The number of sulfonamides is 1. The fourth-order valence-electron chi connectivity index (χ4n) is 2.85. The minimum absolute atomic E-state index is 0.162. The maximum Gasteiger partial charge on any atom is 0.244 e. The average Bonchev–Trinajstić information content (AvgIpc) is 2.63. The van der Waals surface area contributed by atoms with Crippen LogP contribution < -0.4 is 9.62 Å². The van der Waals surface area contributed by atoms with Gasteiger partial charge in [0.15, 0.2) is 9.84 Å². The molecular weight excluding hydrogens is 471 g/mol. The zero-order valence-corrected chi connectivity index (χ0v) is 19.9. The summed E-state index contributed by atoms with van der Waals surface area (Å²) in [5.41, 5.74) is 0.878. The second kappa shape index (κ2) is 9.13. The predicted molar refractivity (Wildman–Crippen MR) is 119 cm³/mol. The summed E-state index contributed by atoms with van der Waals surface area (Å²) in [6.07, 6.45) is 2.10. The van der Waals surface area contributed by atoms with Crippen molar-refractivity contribution in [2.24, 2.45) is 0 Å². The summed E-state index contributed by atoms with van der Waals surface area (Å²) >= 11 is 11.9. The second-order valence-electron chi connectivity index (χ2n) is 6.90. The van der Waals surface area contributed by atoms with Crippen molar-refractivity contribution in [3.63, 3.8) is 0 Å². The van der Waals surface area contributed by atoms with Crippen LogP contribution >= 0.6 is 23.2 Å². The zero-order valence-electron chi connectivity index (χ0n) is 16.8. The molecule has 0 radical (unpaired) electrons. The fraction of sp³-hybridized carbons (Fsp3) is 0.316. The van der Waals surface area contributed by atoms with Crippen molar-refractivity contribution in [1.29, 1.82) is 0 Å². The number of carbonyl (C=O) groups excluding carboxylic acids is 1. The number of nitrogens with one attached hydrogen (secondary N) is 1. The Labute approximate surface area is 187 Å². The number of nitrogens with zero attached hydrogens (tertiary/aromatic N) is 1. The summed E-state index contributed by atoms with van der Waals surface area (Å²) in [6, 6.07) is 8.84. The van der Waals surface area contributed by atoms with Crippen molar-refractivity contribution in [3.8, 4) is 0 Å². The van der Waals surface area contributed by atoms with E-state index in [2.05, 4.69) is 5.32 Å². The van der Waals surface area contributed by atoms with Gasteiger partial charge in [0.05, 0.1) is 32.9 Å². The first-order valence-corrected chi connectivity index (χ1v) is 13.3. The topological polar surface area (TPSA) is 101 Å². The molecule has 0 aromatic heterocycles. The number of sulfone groups is 1. The molecule has 0 heterocycles. The standard InChI is InChI=1S/C19H22Cl2N2O5S2/c1-12(14-5-8-16(9-6-14)29(3,25)26)22-19(24)13(2)23(30(4,27)28)15-7-10-17(20)18(21)11-15/h5-13H,1-4H3,(H,22,24)/t12-,13-/m1/s1. The van der Waals surface area contributed by atoms with Gasteiger partial charge in [-0.05, 0) is 49.7 Å². The number of rotatable bonds is 7. The quantitative estimate of drug-likeness (QED) is 0.637. The number of amides is 1. The number of halogens is 2. The summed E-state index contributed by atoms with van der Waals surface area (Å²) in [4.78, 5) is 13.0. The highest BCUT2D eigenvalue weighted by atomic mass is 35.5. The lowest BCUT2D eigenvalue weighted by Crippen LogP contribution is -2.48. The van der Waals surface area contributed by atoms with Crippen LogP contribution in [0.5, 0.6) is 0 Å². The molecule has 0 spiro atoms. The van der Waals surface area contributed by atoms with E-state index in [4.69, 9.17) is 23.2 Å². The molecule has 0 aliphatic heterocycles. The first kappa shape index (κ1) is 24.5. The van der Waals surface area contributed by atoms with Crippen LogP contribution in [0, 0.1) is 0 Å². The Kier molecular flexibility index (Phi) is 7.45. The van der Waals surface area contributed by atoms with Crippen LogP contribution in [0.2, 0.25) is 10.0 Å². The van der Waals surface area contributed by atoms with Crippen LogP contribution in [0.15, 0.2) is 47.4 Å². The zero-order chi connectivity index (χ0) is 22.9. The highest BCUT2D eigenvalue weighted by molar-refractivity contribution is 7.92. The first-order chi connectivity index (χ1) is 13.7. The molecule has 2 aromatic rings. The summed E-state index contributed by atoms with van der Waals surface area (Å²) in [5.74, 6) is -0.536. The van der Waals surface area contributed by atoms with E-state index in [0.29, 0.717) is 5.56 Å². The second-order valence-corrected chi connectivity index (χ2v) is 11.6. The van der Waals surface area contributed by atoms with Crippen molar-refractivity contribution in [3.05, 3.63) is 58.1 Å². The molecule has 2 aromatic carbocycles. The third-order valence-corrected chi connectivity index (χ3v) is 7.52. The molecule has 0 aliphatic rings. The van der Waals surface area contributed by atoms with E-state index in [0.717, 1.165) is 16.8 Å². The van der Waals surface area contributed by atoms with Gasteiger partial charge in [-0.15, -0.1) is 0 Å². The lowest BCUT2D eigenvalue weighted by atomic mass is 10.1. The number of hydrogen-bond donors (Lipinski definition) is 1. The maximum atomic E-state index is 12.8. The van der Waals surface area contributed by atoms with E-state index in [1.807, 2.05) is 0 Å². The molecular formula is C19H22Cl2N2O5S2. The number of hydrogen-bond acceptors (Lipinski definition) is 5. The van der Waals surface area contributed by atoms with Gasteiger partial charge < -0.3 is 5.32 Å². The maximum absolute atomic E-state index is 12.8. The third kappa shape index (κ3) is 5.87. The Bertz CT molecular complexity index is 1150. The lowest BCUT2D eigenvalue weighted by Gasteiger charge is -2.29. The van der Waals surface area contributed by atoms with Gasteiger partial charge in [0, 0.05) is 6.26 Å². The monoisotopic (exact) mass is 492 g/mol. The molecule has 0 saturated carbocycles. The van der Waals surface area contributed by atoms with E-state index in [9.17, 15) is 21.6 Å². The minimum Gasteiger partial charge on any atom is -0.348 e. The van der Waals surface area contributed by atoms with Crippen LogP contribution in [0.3, 0.4) is 0 Å². The summed E-state index contributed by atoms with van der Waals surface area (Å²) in [5, 5.41) is 3.17. The SMILES string of the molecule is C[C@H](C(=O)N[C@H](C)c1ccc(S(C)(=O)=O)cc1)N(c1ccc(Cl)c(Cl)c1)S(C)(=O)=O. The number of anilines is 1. The van der Waals surface area contributed by atoms with Crippen molar-refractivity contribution < 1.29 is 21.6 Å². The van der Waals surface area contributed by atoms with E-state index < -0.39 is 37.9 Å². The van der Waals surface area contributed by atoms with Crippen molar-refractivity contribution >= 4 is 54.7 Å². The van der Waals surface area contributed by atoms with E-state index in [1.54, 1.807) is 19.1 Å². The number of carbonyl (C=O) groups is 1. The van der Waals surface area contributed by atoms with Crippen LogP contribution in [0.1, 0.15) is 25.5 Å². The van der Waals surface area contributed by atoms with E-state index >= 15 is 0 Å². The van der Waals surface area contributed by atoms with Crippen molar-refractivity contribution in [2.45, 2.75) is 30.8 Å². The molecule has 0 unspecified atom stereocenters. The van der Waals surface area contributed by atoms with Gasteiger partial charge in [-0.25, -0.2) is 16.8 Å². The van der Waals surface area contributed by atoms with E-state index in [-0.39, 0.29) is 20.6 Å². The van der Waals surface area contributed by atoms with Crippen molar-refractivity contribution in [2.75, 3.05) is 16.8 Å². The van der Waals surface area contributed by atoms with Crippen LogP contribution in [0.4, 0.5) is 5.69 Å². The highest BCUT2D eigenvalue weighted by Crippen LogP contribution is 2.30. The molecule has 1 amide bonds. The molecule has 11 heteroatoms. The van der Waals surface area contributed by atoms with Gasteiger partial charge in [-0.2, -0.15) is 0 Å². The highest BCUT2D eigenvalue weighted by Gasteiger charge is 2.30. The Hall–Kier alpha value is -1.81. The molecule has 0 fully saturated rings. The average molecular weight is 493 g/mol. The van der Waals surface area contributed by atoms with Crippen LogP contribution in [-0.4, -0.2) is 41.3 Å². The Morgan fingerprint density at radius 1 is 0.933 bits per heavy atom. The molecule has 2 rings (SSSR count). The smallest absolute Gasteiger partial charge is 0.244 e. The molecule has 7 nitrogen and oxygen atoms in total. The van der Waals surface area contributed by atoms with Crippen molar-refractivity contribution in [1.82, 2.24) is 5.32 Å². The van der Waals surface area contributed by atoms with Gasteiger partial charge in [0.25, 0.3) is 0 Å². The molecule has 2 atom stereocenters. The van der Waals surface area contributed by atoms with Gasteiger partial charge in [0.1, 0.15) is 6.04 Å². The summed E-state index contributed by atoms with van der Waals surface area (Å²) in [7, 11) is -7.14. The first-order valence-electron chi connectivity index (χ1n) is 8.76. The third-order valence-electron chi connectivity index (χ3n) is 4.41. The molecule has 0 saturated heterocycles. The number of benzene rings is 2. The Morgan fingerprint density at radius 3 is 1.97 bits per heavy atom. The van der Waals surface area contributed by atoms with Crippen LogP contribution in [-0.2, 0) is 24.7 Å². The summed E-state index contributed by atoms with van der Waals surface area (Å²) < 4.78 is 48.9. The predicted octanol–water partition coefficient (Wildman–Crippen LogP) is 3.43. The van der Waals surface area contributed by atoms with Crippen LogP contribution in [0.25, 0.3) is 0 Å². The molecule has 164 valence electrons. The normalized spacial score (nSPS) is 14.1. The lowest BCUT2D eigenvalue weighted by molar-refractivity contribution is -0.122. The Balaban J connectivity index is 2.25. The molecule has 0 bridgehead atoms. The molecule has 1 N–H and O–H groups in total. The minimum atomic E-state index is -3.81. The molecule has 0 aliphatic carbocycles. The van der Waals surface area contributed by atoms with E-state index in [1.165, 1.54) is 37.3 Å². The van der Waals surface area contributed by atoms with Gasteiger partial charge in [-0.3, -0.25) is 9.10 Å². The van der Waals surface area contributed by atoms with Gasteiger partial charge in [0.2, 0.25) is 15.9 Å². The largest absolute Gasteiger partial charge is 0.348 e. The van der Waals surface area contributed by atoms with Gasteiger partial charge in [-0.1, -0.05) is 35.3 Å². The fourth-order valence-corrected chi connectivity index (χ4v) is 4.94. The Morgan fingerprint density at radius 2 is 1.50 bits per heavy atom.